The standard InChI is InChI=1S/C15H16BrNO2/c1-2-13-7-11(9-18)8-15(17-13)19-10-12-5-3-4-6-14(12)16/h3-8,18H,2,9-10H2,1H3. The summed E-state index contributed by atoms with van der Waals surface area (Å²) in [6.07, 6.45) is 0.819. The molecular formula is C15H16BrNO2. The second-order valence-electron chi connectivity index (χ2n) is 4.20. The van der Waals surface area contributed by atoms with E-state index in [-0.39, 0.29) is 6.61 Å². The van der Waals surface area contributed by atoms with Gasteiger partial charge in [0.25, 0.3) is 0 Å². The molecule has 0 amide bonds. The Hall–Kier alpha value is -1.39. The summed E-state index contributed by atoms with van der Waals surface area (Å²) >= 11 is 3.49. The summed E-state index contributed by atoms with van der Waals surface area (Å²) in [6.45, 7) is 2.48. The summed E-state index contributed by atoms with van der Waals surface area (Å²) in [5, 5.41) is 9.22. The van der Waals surface area contributed by atoms with E-state index in [2.05, 4.69) is 20.9 Å². The first-order valence-corrected chi connectivity index (χ1v) is 6.99. The van der Waals surface area contributed by atoms with Gasteiger partial charge in [-0.1, -0.05) is 41.1 Å². The third-order valence-corrected chi connectivity index (χ3v) is 3.57. The quantitative estimate of drug-likeness (QED) is 0.916. The fourth-order valence-electron chi connectivity index (χ4n) is 1.73. The molecule has 100 valence electrons. The lowest BCUT2D eigenvalue weighted by atomic mass is 10.2. The summed E-state index contributed by atoms with van der Waals surface area (Å²) < 4.78 is 6.72. The van der Waals surface area contributed by atoms with Gasteiger partial charge in [0.15, 0.2) is 0 Å². The molecule has 2 rings (SSSR count). The number of rotatable bonds is 5. The molecule has 19 heavy (non-hydrogen) atoms. The second-order valence-corrected chi connectivity index (χ2v) is 5.05. The van der Waals surface area contributed by atoms with Crippen molar-refractivity contribution in [3.63, 3.8) is 0 Å². The molecule has 2 aromatic rings. The van der Waals surface area contributed by atoms with E-state index in [0.29, 0.717) is 12.5 Å². The summed E-state index contributed by atoms with van der Waals surface area (Å²) in [6, 6.07) is 11.6. The lowest BCUT2D eigenvalue weighted by molar-refractivity contribution is 0.274. The van der Waals surface area contributed by atoms with Crippen LogP contribution in [0.2, 0.25) is 0 Å². The number of aromatic nitrogens is 1. The monoisotopic (exact) mass is 321 g/mol. The second kappa shape index (κ2) is 6.68. The number of halogens is 1. The molecule has 1 N–H and O–H groups in total. The van der Waals surface area contributed by atoms with Gasteiger partial charge in [-0.2, -0.15) is 0 Å². The van der Waals surface area contributed by atoms with Crippen molar-refractivity contribution in [2.24, 2.45) is 0 Å². The molecule has 0 unspecified atom stereocenters. The molecule has 4 heteroatoms. The normalized spacial score (nSPS) is 10.5. The van der Waals surface area contributed by atoms with Gasteiger partial charge in [-0.05, 0) is 24.1 Å². The van der Waals surface area contributed by atoms with Crippen LogP contribution in [0, 0.1) is 0 Å². The van der Waals surface area contributed by atoms with Gasteiger partial charge < -0.3 is 9.84 Å². The molecule has 1 aromatic carbocycles. The Kier molecular flexibility index (Phi) is 4.93. The summed E-state index contributed by atoms with van der Waals surface area (Å²) in [5.74, 6) is 0.555. The number of nitrogens with zero attached hydrogens (tertiary/aromatic N) is 1. The van der Waals surface area contributed by atoms with Crippen molar-refractivity contribution in [1.82, 2.24) is 4.98 Å². The molecule has 0 atom stereocenters. The highest BCUT2D eigenvalue weighted by molar-refractivity contribution is 9.10. The Morgan fingerprint density at radius 2 is 2.05 bits per heavy atom. The highest BCUT2D eigenvalue weighted by Gasteiger charge is 2.04. The molecule has 0 saturated carbocycles. The molecule has 0 fully saturated rings. The molecule has 0 spiro atoms. The Balaban J connectivity index is 2.13. The summed E-state index contributed by atoms with van der Waals surface area (Å²) in [4.78, 5) is 4.40. The maximum Gasteiger partial charge on any atom is 0.214 e. The van der Waals surface area contributed by atoms with E-state index in [0.717, 1.165) is 27.7 Å². The topological polar surface area (TPSA) is 42.4 Å². The fourth-order valence-corrected chi connectivity index (χ4v) is 2.13. The van der Waals surface area contributed by atoms with E-state index in [1.807, 2.05) is 37.3 Å². The number of hydrogen-bond donors (Lipinski definition) is 1. The lowest BCUT2D eigenvalue weighted by Gasteiger charge is -2.09. The third-order valence-electron chi connectivity index (χ3n) is 2.79. The molecule has 0 radical (unpaired) electrons. The van der Waals surface area contributed by atoms with Gasteiger partial charge in [-0.25, -0.2) is 4.98 Å². The van der Waals surface area contributed by atoms with Crippen LogP contribution in [0.3, 0.4) is 0 Å². The zero-order valence-corrected chi connectivity index (χ0v) is 12.4. The molecule has 1 aromatic heterocycles. The Morgan fingerprint density at radius 1 is 1.26 bits per heavy atom. The number of aliphatic hydroxyl groups is 1. The van der Waals surface area contributed by atoms with Gasteiger partial charge in [0.1, 0.15) is 6.61 Å². The minimum absolute atomic E-state index is 0.000904. The first-order valence-electron chi connectivity index (χ1n) is 6.20. The zero-order valence-electron chi connectivity index (χ0n) is 10.8. The van der Waals surface area contributed by atoms with Crippen molar-refractivity contribution >= 4 is 15.9 Å². The summed E-state index contributed by atoms with van der Waals surface area (Å²) in [5.41, 5.74) is 2.82. The third kappa shape index (κ3) is 3.78. The average molecular weight is 322 g/mol. The smallest absolute Gasteiger partial charge is 0.214 e. The highest BCUT2D eigenvalue weighted by Crippen LogP contribution is 2.19. The van der Waals surface area contributed by atoms with E-state index < -0.39 is 0 Å². The largest absolute Gasteiger partial charge is 0.473 e. The van der Waals surface area contributed by atoms with Crippen molar-refractivity contribution < 1.29 is 9.84 Å². The zero-order chi connectivity index (χ0) is 13.7. The van der Waals surface area contributed by atoms with Gasteiger partial charge in [-0.15, -0.1) is 0 Å². The van der Waals surface area contributed by atoms with E-state index >= 15 is 0 Å². The van der Waals surface area contributed by atoms with Gasteiger partial charge >= 0.3 is 0 Å². The number of hydrogen-bond acceptors (Lipinski definition) is 3. The van der Waals surface area contributed by atoms with Crippen LogP contribution in [0.25, 0.3) is 0 Å². The Bertz CT molecular complexity index is 535. The minimum atomic E-state index is 0.000904. The molecule has 0 saturated heterocycles. The van der Waals surface area contributed by atoms with Crippen LogP contribution in [0.15, 0.2) is 40.9 Å². The number of aliphatic hydroxyl groups excluding tert-OH is 1. The van der Waals surface area contributed by atoms with Gasteiger partial charge in [0.2, 0.25) is 5.88 Å². The van der Waals surface area contributed by atoms with Crippen LogP contribution in [-0.2, 0) is 19.6 Å². The molecule has 0 aliphatic carbocycles. The van der Waals surface area contributed by atoms with Crippen LogP contribution in [0.5, 0.6) is 5.88 Å². The van der Waals surface area contributed by atoms with Gasteiger partial charge in [0, 0.05) is 21.8 Å². The molecule has 3 nitrogen and oxygen atoms in total. The molecule has 0 bridgehead atoms. The lowest BCUT2D eigenvalue weighted by Crippen LogP contribution is -2.01. The summed E-state index contributed by atoms with van der Waals surface area (Å²) in [7, 11) is 0. The maximum atomic E-state index is 9.22. The fraction of sp³-hybridized carbons (Fsp3) is 0.267. The Labute approximate surface area is 121 Å². The van der Waals surface area contributed by atoms with E-state index in [9.17, 15) is 5.11 Å². The van der Waals surface area contributed by atoms with Crippen LogP contribution in [-0.4, -0.2) is 10.1 Å². The molecule has 1 heterocycles. The van der Waals surface area contributed by atoms with Crippen molar-refractivity contribution in [3.05, 3.63) is 57.7 Å². The highest BCUT2D eigenvalue weighted by atomic mass is 79.9. The minimum Gasteiger partial charge on any atom is -0.473 e. The van der Waals surface area contributed by atoms with Crippen molar-refractivity contribution in [2.45, 2.75) is 26.6 Å². The number of pyridine rings is 1. The van der Waals surface area contributed by atoms with Crippen molar-refractivity contribution in [1.29, 1.82) is 0 Å². The maximum absolute atomic E-state index is 9.22. The van der Waals surface area contributed by atoms with Gasteiger partial charge in [0.05, 0.1) is 6.61 Å². The SMILES string of the molecule is CCc1cc(CO)cc(OCc2ccccc2Br)n1. The average Bonchev–Trinajstić information content (AvgIpc) is 2.46. The Morgan fingerprint density at radius 3 is 2.74 bits per heavy atom. The van der Waals surface area contributed by atoms with E-state index in [1.54, 1.807) is 6.07 Å². The van der Waals surface area contributed by atoms with E-state index in [4.69, 9.17) is 4.74 Å². The predicted molar refractivity (Wildman–Crippen MR) is 78.0 cm³/mol. The number of benzene rings is 1. The van der Waals surface area contributed by atoms with Crippen LogP contribution < -0.4 is 4.74 Å². The van der Waals surface area contributed by atoms with Gasteiger partial charge in [-0.3, -0.25) is 0 Å². The first kappa shape index (κ1) is 14.0. The van der Waals surface area contributed by atoms with Crippen LogP contribution >= 0.6 is 15.9 Å². The molecule has 0 aliphatic heterocycles. The number of ether oxygens (including phenoxy) is 1. The van der Waals surface area contributed by atoms with Crippen molar-refractivity contribution in [2.75, 3.05) is 0 Å². The van der Waals surface area contributed by atoms with E-state index in [1.165, 1.54) is 0 Å². The first-order chi connectivity index (χ1) is 9.22. The molecular weight excluding hydrogens is 306 g/mol. The molecule has 0 aliphatic rings. The van der Waals surface area contributed by atoms with Crippen molar-refractivity contribution in [3.8, 4) is 5.88 Å². The number of aryl methyl sites for hydroxylation is 1. The van der Waals surface area contributed by atoms with Crippen LogP contribution in [0.4, 0.5) is 0 Å². The predicted octanol–water partition coefficient (Wildman–Crippen LogP) is 3.48. The van der Waals surface area contributed by atoms with Crippen LogP contribution in [0.1, 0.15) is 23.7 Å².